The van der Waals surface area contributed by atoms with Crippen LogP contribution in [0.25, 0.3) is 0 Å². The van der Waals surface area contributed by atoms with Crippen molar-refractivity contribution in [3.63, 3.8) is 0 Å². The van der Waals surface area contributed by atoms with E-state index in [9.17, 15) is 0 Å². The fourth-order valence-electron chi connectivity index (χ4n) is 5.26. The first-order chi connectivity index (χ1) is 10.3. The van der Waals surface area contributed by atoms with E-state index >= 15 is 0 Å². The predicted molar refractivity (Wildman–Crippen MR) is 86.4 cm³/mol. The average Bonchev–Trinajstić information content (AvgIpc) is 2.94. The Morgan fingerprint density at radius 1 is 0.905 bits per heavy atom. The molecule has 1 N–H and O–H groups in total. The summed E-state index contributed by atoms with van der Waals surface area (Å²) in [5.41, 5.74) is 0.328. The Morgan fingerprint density at radius 2 is 1.67 bits per heavy atom. The second-order valence-electron chi connectivity index (χ2n) is 8.39. The summed E-state index contributed by atoms with van der Waals surface area (Å²) in [6, 6.07) is 0.861. The van der Waals surface area contributed by atoms with Crippen LogP contribution in [0.1, 0.15) is 83.5 Å². The summed E-state index contributed by atoms with van der Waals surface area (Å²) in [5, 5.41) is 3.81. The van der Waals surface area contributed by atoms with Crippen molar-refractivity contribution in [3.8, 4) is 0 Å². The topological polar surface area (TPSA) is 21.3 Å². The molecule has 0 aromatic heterocycles. The van der Waals surface area contributed by atoms with Crippen LogP contribution in [0.2, 0.25) is 0 Å². The van der Waals surface area contributed by atoms with E-state index in [0.717, 1.165) is 17.9 Å². The van der Waals surface area contributed by atoms with E-state index in [1.807, 2.05) is 0 Å². The first kappa shape index (κ1) is 14.5. The Labute approximate surface area is 130 Å². The Kier molecular flexibility index (Phi) is 4.28. The summed E-state index contributed by atoms with van der Waals surface area (Å²) in [6.45, 7) is 1.27. The molecule has 4 rings (SSSR count). The molecule has 2 nitrogen and oxygen atoms in total. The van der Waals surface area contributed by atoms with Crippen LogP contribution >= 0.6 is 0 Å². The molecule has 3 saturated carbocycles. The Balaban J connectivity index is 1.32. The van der Waals surface area contributed by atoms with Gasteiger partial charge in [-0.3, -0.25) is 0 Å². The van der Waals surface area contributed by atoms with Crippen LogP contribution in [-0.2, 0) is 4.74 Å². The van der Waals surface area contributed by atoms with Gasteiger partial charge in [0.25, 0.3) is 0 Å². The zero-order valence-corrected chi connectivity index (χ0v) is 13.6. The van der Waals surface area contributed by atoms with Gasteiger partial charge in [-0.05, 0) is 63.3 Å². The summed E-state index contributed by atoms with van der Waals surface area (Å²) in [7, 11) is 0. The minimum absolute atomic E-state index is 0.328. The second-order valence-corrected chi connectivity index (χ2v) is 8.39. The van der Waals surface area contributed by atoms with Crippen molar-refractivity contribution in [1.29, 1.82) is 0 Å². The Bertz CT molecular complexity index is 339. The highest BCUT2D eigenvalue weighted by Gasteiger charge is 2.43. The van der Waals surface area contributed by atoms with Crippen molar-refractivity contribution in [2.24, 2.45) is 11.8 Å². The normalized spacial score (nSPS) is 34.0. The average molecular weight is 291 g/mol. The van der Waals surface area contributed by atoms with Crippen LogP contribution in [0.4, 0.5) is 0 Å². The van der Waals surface area contributed by atoms with E-state index in [0.29, 0.717) is 11.7 Å². The van der Waals surface area contributed by atoms with Gasteiger partial charge in [0.1, 0.15) is 0 Å². The third kappa shape index (κ3) is 3.47. The minimum atomic E-state index is 0.328. The van der Waals surface area contributed by atoms with Gasteiger partial charge in [0.05, 0.1) is 11.7 Å². The van der Waals surface area contributed by atoms with Gasteiger partial charge >= 0.3 is 0 Å². The highest BCUT2D eigenvalue weighted by atomic mass is 16.5. The van der Waals surface area contributed by atoms with Crippen molar-refractivity contribution >= 4 is 0 Å². The number of hydrogen-bond donors (Lipinski definition) is 1. The zero-order valence-electron chi connectivity index (χ0n) is 13.6. The van der Waals surface area contributed by atoms with Crippen molar-refractivity contribution < 1.29 is 4.74 Å². The fourth-order valence-corrected chi connectivity index (χ4v) is 5.26. The molecule has 4 fully saturated rings. The van der Waals surface area contributed by atoms with E-state index in [-0.39, 0.29) is 0 Å². The standard InChI is InChI=1S/C19H33NO/c1-2-6-15(5-1)16(14-20-17-7-8-17)13-18-9-12-19(21-18)10-3-4-11-19/h15-18,20H,1-14H2. The summed E-state index contributed by atoms with van der Waals surface area (Å²) < 4.78 is 6.59. The maximum atomic E-state index is 6.59. The number of ether oxygens (including phenoxy) is 1. The van der Waals surface area contributed by atoms with Gasteiger partial charge in [-0.2, -0.15) is 0 Å². The van der Waals surface area contributed by atoms with Crippen LogP contribution in [0, 0.1) is 11.8 Å². The molecule has 2 atom stereocenters. The molecular formula is C19H33NO. The van der Waals surface area contributed by atoms with Gasteiger partial charge in [-0.15, -0.1) is 0 Å². The summed E-state index contributed by atoms with van der Waals surface area (Å²) in [5.74, 6) is 1.87. The fraction of sp³-hybridized carbons (Fsp3) is 1.00. The molecule has 1 saturated heterocycles. The van der Waals surface area contributed by atoms with Crippen molar-refractivity contribution in [3.05, 3.63) is 0 Å². The minimum Gasteiger partial charge on any atom is -0.372 e. The molecule has 1 heterocycles. The van der Waals surface area contributed by atoms with Crippen molar-refractivity contribution in [2.75, 3.05) is 6.54 Å². The van der Waals surface area contributed by atoms with Gasteiger partial charge in [0.2, 0.25) is 0 Å². The molecule has 120 valence electrons. The molecule has 0 radical (unpaired) electrons. The first-order valence-electron chi connectivity index (χ1n) is 9.74. The summed E-state index contributed by atoms with van der Waals surface area (Å²) in [6.07, 6.45) is 18.9. The Hall–Kier alpha value is -0.0800. The van der Waals surface area contributed by atoms with E-state index in [2.05, 4.69) is 5.32 Å². The molecular weight excluding hydrogens is 258 g/mol. The zero-order chi connectivity index (χ0) is 14.1. The monoisotopic (exact) mass is 291 g/mol. The lowest BCUT2D eigenvalue weighted by atomic mass is 9.85. The number of rotatable bonds is 6. The highest BCUT2D eigenvalue weighted by molar-refractivity contribution is 4.94. The van der Waals surface area contributed by atoms with Crippen LogP contribution in [0.3, 0.4) is 0 Å². The molecule has 1 spiro atoms. The molecule has 0 aromatic carbocycles. The second kappa shape index (κ2) is 6.20. The molecule has 3 aliphatic carbocycles. The third-order valence-corrected chi connectivity index (χ3v) is 6.73. The molecule has 1 aliphatic heterocycles. The maximum Gasteiger partial charge on any atom is 0.0687 e. The number of nitrogens with one attached hydrogen (secondary N) is 1. The van der Waals surface area contributed by atoms with Gasteiger partial charge in [0, 0.05) is 6.04 Å². The molecule has 2 heteroatoms. The summed E-state index contributed by atoms with van der Waals surface area (Å²) in [4.78, 5) is 0. The largest absolute Gasteiger partial charge is 0.372 e. The molecule has 4 aliphatic rings. The number of hydrogen-bond acceptors (Lipinski definition) is 2. The lowest BCUT2D eigenvalue weighted by Crippen LogP contribution is -2.32. The molecule has 2 unspecified atom stereocenters. The van der Waals surface area contributed by atoms with Gasteiger partial charge in [-0.1, -0.05) is 38.5 Å². The van der Waals surface area contributed by atoms with Crippen LogP contribution in [-0.4, -0.2) is 24.3 Å². The van der Waals surface area contributed by atoms with Crippen molar-refractivity contribution in [2.45, 2.75) is 101 Å². The van der Waals surface area contributed by atoms with Gasteiger partial charge < -0.3 is 10.1 Å². The van der Waals surface area contributed by atoms with E-state index in [1.165, 1.54) is 90.0 Å². The highest BCUT2D eigenvalue weighted by Crippen LogP contribution is 2.45. The van der Waals surface area contributed by atoms with Crippen LogP contribution < -0.4 is 5.32 Å². The van der Waals surface area contributed by atoms with Gasteiger partial charge in [-0.25, -0.2) is 0 Å². The maximum absolute atomic E-state index is 6.59. The quantitative estimate of drug-likeness (QED) is 0.782. The summed E-state index contributed by atoms with van der Waals surface area (Å²) >= 11 is 0. The van der Waals surface area contributed by atoms with E-state index in [1.54, 1.807) is 0 Å². The molecule has 0 aromatic rings. The third-order valence-electron chi connectivity index (χ3n) is 6.73. The SMILES string of the molecule is C1CCC(C(CNC2CC2)CC2CCC3(CCCC3)O2)C1. The Morgan fingerprint density at radius 3 is 2.38 bits per heavy atom. The van der Waals surface area contributed by atoms with Crippen LogP contribution in [0.15, 0.2) is 0 Å². The molecule has 0 bridgehead atoms. The molecule has 0 amide bonds. The van der Waals surface area contributed by atoms with Gasteiger partial charge in [0.15, 0.2) is 0 Å². The van der Waals surface area contributed by atoms with Crippen molar-refractivity contribution in [1.82, 2.24) is 5.32 Å². The van der Waals surface area contributed by atoms with E-state index < -0.39 is 0 Å². The van der Waals surface area contributed by atoms with E-state index in [4.69, 9.17) is 4.74 Å². The lowest BCUT2D eigenvalue weighted by molar-refractivity contribution is -0.0468. The first-order valence-corrected chi connectivity index (χ1v) is 9.74. The smallest absolute Gasteiger partial charge is 0.0687 e. The lowest BCUT2D eigenvalue weighted by Gasteiger charge is -2.29. The molecule has 21 heavy (non-hydrogen) atoms. The predicted octanol–water partition coefficient (Wildman–Crippen LogP) is 4.43. The van der Waals surface area contributed by atoms with Crippen LogP contribution in [0.5, 0.6) is 0 Å².